The number of hydrogen-bond acceptors (Lipinski definition) is 6. The number of hydrogen-bond donors (Lipinski definition) is 6. The Labute approximate surface area is 112 Å². The number of rotatable bonds is 5. The molecule has 8 heteroatoms. The Morgan fingerprint density at radius 3 is 1.71 bits per heavy atom. The van der Waals surface area contributed by atoms with Crippen LogP contribution in [0.15, 0.2) is 0 Å². The predicted octanol–water partition coefficient (Wildman–Crippen LogP) is -0.175. The summed E-state index contributed by atoms with van der Waals surface area (Å²) in [5, 5.41) is 16.5. The molecule has 0 unspecified atom stereocenters. The van der Waals surface area contributed by atoms with Crippen LogP contribution >= 0.6 is 25.3 Å². The zero-order valence-corrected chi connectivity index (χ0v) is 11.6. The third kappa shape index (κ3) is 10.4. The number of carboxylic acids is 2. The Kier molecular flexibility index (Phi) is 9.59. The molecule has 0 saturated carbocycles. The molecule has 0 bridgehead atoms. The Bertz CT molecular complexity index is 256. The third-order valence-corrected chi connectivity index (χ3v) is 2.32. The first-order chi connectivity index (χ1) is 7.53. The van der Waals surface area contributed by atoms with E-state index in [1.54, 1.807) is 13.8 Å². The minimum atomic E-state index is -1.02. The highest BCUT2D eigenvalue weighted by atomic mass is 32.1. The van der Waals surface area contributed by atoms with Gasteiger partial charge < -0.3 is 21.7 Å². The molecule has 6 nitrogen and oxygen atoms in total. The molecular formula is C9H20N2O4S2. The molecule has 17 heavy (non-hydrogen) atoms. The first-order valence-electron chi connectivity index (χ1n) is 4.84. The normalized spacial score (nSPS) is 14.2. The van der Waals surface area contributed by atoms with Crippen LogP contribution in [-0.4, -0.2) is 44.7 Å². The second-order valence-corrected chi connectivity index (χ2v) is 5.53. The van der Waals surface area contributed by atoms with E-state index in [-0.39, 0.29) is 0 Å². The van der Waals surface area contributed by atoms with Crippen LogP contribution in [0.5, 0.6) is 0 Å². The van der Waals surface area contributed by atoms with Gasteiger partial charge in [-0.2, -0.15) is 25.3 Å². The SMILES string of the molecule is CC(C)(S)[C@H](N)C(=O)O.N[C@@H](CCS)C(=O)O. The van der Waals surface area contributed by atoms with Gasteiger partial charge in [0.1, 0.15) is 12.1 Å². The predicted molar refractivity (Wildman–Crippen MR) is 72.8 cm³/mol. The number of carbonyl (C=O) groups is 2. The molecule has 0 aromatic carbocycles. The molecule has 0 aromatic rings. The monoisotopic (exact) mass is 284 g/mol. The molecule has 0 aromatic heterocycles. The molecule has 0 saturated heterocycles. The molecule has 0 aliphatic rings. The van der Waals surface area contributed by atoms with Crippen molar-refractivity contribution in [3.05, 3.63) is 0 Å². The lowest BCUT2D eigenvalue weighted by atomic mass is 10.1. The van der Waals surface area contributed by atoms with Crippen LogP contribution < -0.4 is 11.5 Å². The third-order valence-electron chi connectivity index (χ3n) is 1.78. The highest BCUT2D eigenvalue weighted by Crippen LogP contribution is 2.15. The van der Waals surface area contributed by atoms with Gasteiger partial charge in [0.2, 0.25) is 0 Å². The molecule has 102 valence electrons. The number of thiol groups is 2. The van der Waals surface area contributed by atoms with E-state index in [0.717, 1.165) is 0 Å². The lowest BCUT2D eigenvalue weighted by Gasteiger charge is -2.21. The molecule has 2 atom stereocenters. The first kappa shape index (κ1) is 18.9. The molecular weight excluding hydrogens is 264 g/mol. The maximum Gasteiger partial charge on any atom is 0.321 e. The Hall–Kier alpha value is -0.440. The van der Waals surface area contributed by atoms with E-state index in [1.807, 2.05) is 0 Å². The number of carboxylic acid groups (broad SMARTS) is 2. The summed E-state index contributed by atoms with van der Waals surface area (Å²) in [6.45, 7) is 3.32. The average molecular weight is 284 g/mol. The van der Waals surface area contributed by atoms with Crippen molar-refractivity contribution < 1.29 is 19.8 Å². The van der Waals surface area contributed by atoms with Gasteiger partial charge in [0.15, 0.2) is 0 Å². The van der Waals surface area contributed by atoms with Gasteiger partial charge in [0.05, 0.1) is 0 Å². The maximum absolute atomic E-state index is 10.2. The van der Waals surface area contributed by atoms with Gasteiger partial charge in [-0.3, -0.25) is 9.59 Å². The molecule has 0 amide bonds. The average Bonchev–Trinajstić information content (AvgIpc) is 2.16. The van der Waals surface area contributed by atoms with E-state index < -0.39 is 28.8 Å². The summed E-state index contributed by atoms with van der Waals surface area (Å²) < 4.78 is -0.647. The van der Waals surface area contributed by atoms with Crippen LogP contribution in [0.3, 0.4) is 0 Å². The highest BCUT2D eigenvalue weighted by Gasteiger charge is 2.27. The fourth-order valence-corrected chi connectivity index (χ4v) is 0.953. The van der Waals surface area contributed by atoms with Crippen molar-refractivity contribution in [2.45, 2.75) is 37.1 Å². The van der Waals surface area contributed by atoms with Crippen molar-refractivity contribution in [2.75, 3.05) is 5.75 Å². The maximum atomic E-state index is 10.2. The molecule has 0 heterocycles. The zero-order valence-electron chi connectivity index (χ0n) is 9.83. The van der Waals surface area contributed by atoms with Crippen LogP contribution in [0.4, 0.5) is 0 Å². The van der Waals surface area contributed by atoms with E-state index in [9.17, 15) is 9.59 Å². The smallest absolute Gasteiger partial charge is 0.321 e. The Morgan fingerprint density at radius 1 is 1.24 bits per heavy atom. The second kappa shape index (κ2) is 8.62. The minimum absolute atomic E-state index is 0.429. The van der Waals surface area contributed by atoms with Gasteiger partial charge in [-0.25, -0.2) is 0 Å². The second-order valence-electron chi connectivity index (χ2n) is 3.93. The minimum Gasteiger partial charge on any atom is -0.480 e. The Morgan fingerprint density at radius 2 is 1.65 bits per heavy atom. The lowest BCUT2D eigenvalue weighted by Crippen LogP contribution is -2.45. The molecule has 0 spiro atoms. The van der Waals surface area contributed by atoms with Crippen LogP contribution in [0.25, 0.3) is 0 Å². The molecule has 0 aliphatic heterocycles. The van der Waals surface area contributed by atoms with E-state index in [4.69, 9.17) is 21.7 Å². The van der Waals surface area contributed by atoms with Crippen molar-refractivity contribution in [1.29, 1.82) is 0 Å². The standard InChI is InChI=1S/C5H11NO2S.C4H9NO2S/c1-5(2,9)3(6)4(7)8;5-3(1-2-8)4(6)7/h3,9H,6H2,1-2H3,(H,7,8);3,8H,1-2,5H2,(H,6,7)/t2*3-/m10/s1. The van der Waals surface area contributed by atoms with E-state index >= 15 is 0 Å². The van der Waals surface area contributed by atoms with Crippen LogP contribution in [0.2, 0.25) is 0 Å². The summed E-state index contributed by atoms with van der Waals surface area (Å²) >= 11 is 7.79. The summed E-state index contributed by atoms with van der Waals surface area (Å²) in [5.41, 5.74) is 10.3. The number of nitrogens with two attached hydrogens (primary N) is 2. The molecule has 0 rings (SSSR count). The molecule has 6 N–H and O–H groups in total. The first-order valence-corrected chi connectivity index (χ1v) is 5.92. The quantitative estimate of drug-likeness (QED) is 0.389. The molecule has 0 aliphatic carbocycles. The number of aliphatic carboxylic acids is 2. The van der Waals surface area contributed by atoms with Gasteiger partial charge >= 0.3 is 11.9 Å². The van der Waals surface area contributed by atoms with E-state index in [1.165, 1.54) is 0 Å². The summed E-state index contributed by atoms with van der Waals surface area (Å²) in [6.07, 6.45) is 0.429. The van der Waals surface area contributed by atoms with E-state index in [2.05, 4.69) is 25.3 Å². The van der Waals surface area contributed by atoms with Crippen molar-refractivity contribution >= 4 is 37.2 Å². The van der Waals surface area contributed by atoms with Gasteiger partial charge in [-0.1, -0.05) is 0 Å². The fourth-order valence-electron chi connectivity index (χ4n) is 0.565. The van der Waals surface area contributed by atoms with E-state index in [0.29, 0.717) is 12.2 Å². The summed E-state index contributed by atoms with van der Waals surface area (Å²) in [4.78, 5) is 20.1. The molecule has 0 fully saturated rings. The zero-order chi connectivity index (χ0) is 14.2. The van der Waals surface area contributed by atoms with Crippen molar-refractivity contribution in [3.63, 3.8) is 0 Å². The Balaban J connectivity index is 0. The highest BCUT2D eigenvalue weighted by molar-refractivity contribution is 7.81. The van der Waals surface area contributed by atoms with Crippen LogP contribution in [-0.2, 0) is 9.59 Å². The van der Waals surface area contributed by atoms with Gasteiger partial charge in [0, 0.05) is 4.75 Å². The fraction of sp³-hybridized carbons (Fsp3) is 0.778. The summed E-state index contributed by atoms with van der Waals surface area (Å²) in [7, 11) is 0. The summed E-state index contributed by atoms with van der Waals surface area (Å²) in [5.74, 6) is -1.46. The lowest BCUT2D eigenvalue weighted by molar-refractivity contribution is -0.139. The van der Waals surface area contributed by atoms with Gasteiger partial charge in [-0.05, 0) is 26.0 Å². The van der Waals surface area contributed by atoms with Crippen molar-refractivity contribution in [1.82, 2.24) is 0 Å². The van der Waals surface area contributed by atoms with Crippen molar-refractivity contribution in [3.8, 4) is 0 Å². The van der Waals surface area contributed by atoms with Crippen LogP contribution in [0.1, 0.15) is 20.3 Å². The topological polar surface area (TPSA) is 127 Å². The van der Waals surface area contributed by atoms with Crippen molar-refractivity contribution in [2.24, 2.45) is 11.5 Å². The van der Waals surface area contributed by atoms with Crippen LogP contribution in [0, 0.1) is 0 Å². The molecule has 0 radical (unpaired) electrons. The van der Waals surface area contributed by atoms with Gasteiger partial charge in [0.25, 0.3) is 0 Å². The largest absolute Gasteiger partial charge is 0.480 e. The summed E-state index contributed by atoms with van der Waals surface area (Å²) in [6, 6.07) is -1.65. The van der Waals surface area contributed by atoms with Gasteiger partial charge in [-0.15, -0.1) is 0 Å².